The minimum Gasteiger partial charge on any atom is -0.480 e. The van der Waals surface area contributed by atoms with Crippen molar-refractivity contribution in [3.63, 3.8) is 0 Å². The standard InChI is InChI=1S/C19H23Cl2N3O4/c1-11(2)6-15(18(25)26)23-16(19(27)28)7-13-8-22-10-24(13)9-12-4-3-5-14(20)17(12)21/h3-5,8,10-11,15-16,23H,6-7,9H2,1-2H3,(H,25,26)(H,27,28). The second kappa shape index (κ2) is 9.91. The average Bonchev–Trinajstić information content (AvgIpc) is 3.03. The molecule has 28 heavy (non-hydrogen) atoms. The van der Waals surface area contributed by atoms with Crippen LogP contribution in [0.3, 0.4) is 0 Å². The van der Waals surface area contributed by atoms with E-state index in [1.165, 1.54) is 0 Å². The quantitative estimate of drug-likeness (QED) is 0.536. The SMILES string of the molecule is CC(C)CC(NC(Cc1cncn1Cc1cccc(Cl)c1Cl)C(=O)O)C(=O)O. The van der Waals surface area contributed by atoms with Crippen LogP contribution in [0.5, 0.6) is 0 Å². The summed E-state index contributed by atoms with van der Waals surface area (Å²) in [4.78, 5) is 27.3. The molecule has 1 aromatic carbocycles. The van der Waals surface area contributed by atoms with Gasteiger partial charge in [-0.3, -0.25) is 14.9 Å². The van der Waals surface area contributed by atoms with Crippen molar-refractivity contribution in [1.82, 2.24) is 14.9 Å². The lowest BCUT2D eigenvalue weighted by molar-refractivity contribution is -0.142. The van der Waals surface area contributed by atoms with Crippen LogP contribution in [-0.4, -0.2) is 43.8 Å². The number of hydrogen-bond acceptors (Lipinski definition) is 4. The molecule has 0 spiro atoms. The minimum atomic E-state index is -1.12. The molecule has 2 unspecified atom stereocenters. The molecule has 0 saturated heterocycles. The molecule has 2 atom stereocenters. The van der Waals surface area contributed by atoms with Crippen molar-refractivity contribution < 1.29 is 19.8 Å². The van der Waals surface area contributed by atoms with Gasteiger partial charge in [0.1, 0.15) is 12.1 Å². The molecule has 1 heterocycles. The van der Waals surface area contributed by atoms with E-state index in [1.54, 1.807) is 29.2 Å². The van der Waals surface area contributed by atoms with Crippen LogP contribution in [0.1, 0.15) is 31.5 Å². The Hall–Kier alpha value is -2.09. The number of nitrogens with one attached hydrogen (secondary N) is 1. The predicted octanol–water partition coefficient (Wildman–Crippen LogP) is 3.32. The van der Waals surface area contributed by atoms with Gasteiger partial charge in [-0.05, 0) is 24.0 Å². The van der Waals surface area contributed by atoms with Gasteiger partial charge >= 0.3 is 11.9 Å². The van der Waals surface area contributed by atoms with Gasteiger partial charge in [0.25, 0.3) is 0 Å². The topological polar surface area (TPSA) is 104 Å². The maximum Gasteiger partial charge on any atom is 0.321 e. The largest absolute Gasteiger partial charge is 0.480 e. The summed E-state index contributed by atoms with van der Waals surface area (Å²) in [6.07, 6.45) is 3.55. The number of imidazole rings is 1. The van der Waals surface area contributed by atoms with Gasteiger partial charge < -0.3 is 14.8 Å². The number of benzene rings is 1. The fourth-order valence-electron chi connectivity index (χ4n) is 2.90. The lowest BCUT2D eigenvalue weighted by atomic mass is 10.0. The number of nitrogens with zero attached hydrogens (tertiary/aromatic N) is 2. The van der Waals surface area contributed by atoms with E-state index in [0.717, 1.165) is 5.56 Å². The summed E-state index contributed by atoms with van der Waals surface area (Å²) in [5.41, 5.74) is 1.42. The zero-order valence-electron chi connectivity index (χ0n) is 15.6. The number of carboxylic acids is 2. The van der Waals surface area contributed by atoms with Gasteiger partial charge in [0.15, 0.2) is 0 Å². The Morgan fingerprint density at radius 2 is 1.86 bits per heavy atom. The lowest BCUT2D eigenvalue weighted by Gasteiger charge is -2.22. The van der Waals surface area contributed by atoms with Gasteiger partial charge in [-0.25, -0.2) is 4.98 Å². The summed E-state index contributed by atoms with van der Waals surface area (Å²) in [6.45, 7) is 4.14. The van der Waals surface area contributed by atoms with Crippen LogP contribution in [0, 0.1) is 5.92 Å². The molecule has 2 rings (SSSR count). The zero-order chi connectivity index (χ0) is 20.8. The molecule has 0 saturated carbocycles. The highest BCUT2D eigenvalue weighted by Crippen LogP contribution is 2.26. The molecular weight excluding hydrogens is 405 g/mol. The second-order valence-electron chi connectivity index (χ2n) is 7.01. The summed E-state index contributed by atoms with van der Waals surface area (Å²) < 4.78 is 1.77. The van der Waals surface area contributed by atoms with Gasteiger partial charge in [-0.1, -0.05) is 49.2 Å². The first-order chi connectivity index (χ1) is 13.2. The van der Waals surface area contributed by atoms with Crippen LogP contribution >= 0.6 is 23.2 Å². The van der Waals surface area contributed by atoms with Crippen molar-refractivity contribution in [2.75, 3.05) is 0 Å². The number of halogens is 2. The fourth-order valence-corrected chi connectivity index (χ4v) is 3.28. The maximum atomic E-state index is 11.7. The van der Waals surface area contributed by atoms with Gasteiger partial charge in [0.05, 0.1) is 22.9 Å². The number of carboxylic acid groups (broad SMARTS) is 2. The molecule has 0 aliphatic carbocycles. The number of aliphatic carboxylic acids is 2. The van der Waals surface area contributed by atoms with Crippen LogP contribution in [0.25, 0.3) is 0 Å². The minimum absolute atomic E-state index is 0.0788. The molecule has 7 nitrogen and oxygen atoms in total. The average molecular weight is 428 g/mol. The van der Waals surface area contributed by atoms with Crippen LogP contribution in [-0.2, 0) is 22.6 Å². The van der Waals surface area contributed by atoms with E-state index < -0.39 is 24.0 Å². The first-order valence-corrected chi connectivity index (χ1v) is 9.58. The van der Waals surface area contributed by atoms with E-state index in [0.29, 0.717) is 28.7 Å². The molecule has 2 aromatic rings. The van der Waals surface area contributed by atoms with Crippen LogP contribution in [0.4, 0.5) is 0 Å². The molecule has 0 fully saturated rings. The van der Waals surface area contributed by atoms with Gasteiger partial charge in [0.2, 0.25) is 0 Å². The summed E-state index contributed by atoms with van der Waals surface area (Å²) in [7, 11) is 0. The van der Waals surface area contributed by atoms with Crippen molar-refractivity contribution in [3.05, 3.63) is 52.0 Å². The first kappa shape index (κ1) is 22.2. The highest BCUT2D eigenvalue weighted by Gasteiger charge is 2.27. The van der Waals surface area contributed by atoms with Crippen LogP contribution in [0.2, 0.25) is 10.0 Å². The molecule has 0 radical (unpaired) electrons. The number of rotatable bonds is 10. The molecule has 0 aliphatic heterocycles. The smallest absolute Gasteiger partial charge is 0.321 e. The molecule has 152 valence electrons. The molecule has 0 amide bonds. The summed E-state index contributed by atoms with van der Waals surface area (Å²) in [6, 6.07) is 3.29. The Labute approximate surface area is 173 Å². The van der Waals surface area contributed by atoms with Crippen molar-refractivity contribution in [3.8, 4) is 0 Å². The summed E-state index contributed by atoms with van der Waals surface area (Å²) in [5.74, 6) is -2.08. The van der Waals surface area contributed by atoms with E-state index in [-0.39, 0.29) is 12.3 Å². The van der Waals surface area contributed by atoms with Crippen molar-refractivity contribution in [2.45, 2.75) is 45.3 Å². The normalized spacial score (nSPS) is 13.5. The molecule has 3 N–H and O–H groups in total. The summed E-state index contributed by atoms with van der Waals surface area (Å²) in [5, 5.41) is 22.6. The highest BCUT2D eigenvalue weighted by atomic mass is 35.5. The Kier molecular flexibility index (Phi) is 7.86. The molecule has 0 bridgehead atoms. The maximum absolute atomic E-state index is 11.7. The molecule has 0 aliphatic rings. The summed E-state index contributed by atoms with van der Waals surface area (Å²) >= 11 is 12.3. The Morgan fingerprint density at radius 1 is 1.18 bits per heavy atom. The zero-order valence-corrected chi connectivity index (χ0v) is 17.1. The van der Waals surface area contributed by atoms with Crippen molar-refractivity contribution in [1.29, 1.82) is 0 Å². The lowest BCUT2D eigenvalue weighted by Crippen LogP contribution is -2.49. The highest BCUT2D eigenvalue weighted by molar-refractivity contribution is 6.42. The second-order valence-corrected chi connectivity index (χ2v) is 7.79. The third-order valence-electron chi connectivity index (χ3n) is 4.29. The van der Waals surface area contributed by atoms with E-state index in [4.69, 9.17) is 23.2 Å². The molecular formula is C19H23Cl2N3O4. The van der Waals surface area contributed by atoms with Crippen molar-refractivity contribution in [2.24, 2.45) is 5.92 Å². The predicted molar refractivity (Wildman–Crippen MR) is 107 cm³/mol. The van der Waals surface area contributed by atoms with Crippen LogP contribution < -0.4 is 5.32 Å². The monoisotopic (exact) mass is 427 g/mol. The van der Waals surface area contributed by atoms with Gasteiger partial charge in [-0.15, -0.1) is 0 Å². The Balaban J connectivity index is 2.18. The van der Waals surface area contributed by atoms with Crippen LogP contribution in [0.15, 0.2) is 30.7 Å². The third kappa shape index (κ3) is 5.95. The first-order valence-electron chi connectivity index (χ1n) is 8.82. The van der Waals surface area contributed by atoms with Gasteiger partial charge in [0, 0.05) is 18.3 Å². The van der Waals surface area contributed by atoms with E-state index in [9.17, 15) is 19.8 Å². The Morgan fingerprint density at radius 3 is 2.46 bits per heavy atom. The number of aromatic nitrogens is 2. The van der Waals surface area contributed by atoms with E-state index >= 15 is 0 Å². The number of hydrogen-bond donors (Lipinski definition) is 3. The Bertz CT molecular complexity index is 838. The van der Waals surface area contributed by atoms with E-state index in [2.05, 4.69) is 10.3 Å². The van der Waals surface area contributed by atoms with Crippen molar-refractivity contribution >= 4 is 35.1 Å². The third-order valence-corrected chi connectivity index (χ3v) is 5.15. The van der Waals surface area contributed by atoms with Gasteiger partial charge in [-0.2, -0.15) is 0 Å². The molecule has 9 heteroatoms. The molecule has 1 aromatic heterocycles. The fraction of sp³-hybridized carbons (Fsp3) is 0.421. The van der Waals surface area contributed by atoms with E-state index in [1.807, 2.05) is 19.9 Å². The number of carbonyl (C=O) groups is 2.